The number of ether oxygens (including phenoxy) is 5. The minimum Gasteiger partial charge on any atom is -0.437 e. The molecule has 0 aliphatic rings. The molecule has 0 spiro atoms. The first-order valence-corrected chi connectivity index (χ1v) is 66.3. The second-order valence-corrected chi connectivity index (χ2v) is 75.0. The van der Waals surface area contributed by atoms with Gasteiger partial charge in [-0.3, -0.25) is 0 Å². The van der Waals surface area contributed by atoms with Crippen molar-refractivity contribution in [3.8, 4) is 0 Å². The minimum atomic E-state index is -2.40. The lowest BCUT2D eigenvalue weighted by atomic mass is 9.88. The Labute approximate surface area is 606 Å². The van der Waals surface area contributed by atoms with Crippen LogP contribution in [0, 0.1) is 27.1 Å². The third-order valence-electron chi connectivity index (χ3n) is 17.1. The van der Waals surface area contributed by atoms with E-state index < -0.39 is 111 Å². The van der Waals surface area contributed by atoms with Crippen molar-refractivity contribution in [1.29, 1.82) is 0 Å². The molecule has 0 aromatic heterocycles. The van der Waals surface area contributed by atoms with Gasteiger partial charge in [0.15, 0.2) is 49.9 Å². The summed E-state index contributed by atoms with van der Waals surface area (Å²) in [4.78, 5) is 0. The molecule has 0 bridgehead atoms. The fraction of sp³-hybridized carbons (Fsp3) is 1.00. The highest BCUT2D eigenvalue weighted by molar-refractivity contribution is 6.90. The van der Waals surface area contributed by atoms with E-state index in [1.54, 1.807) is 0 Å². The fourth-order valence-corrected chi connectivity index (χ4v) is 57.2. The van der Waals surface area contributed by atoms with Gasteiger partial charge in [0.2, 0.25) is 0 Å². The van der Waals surface area contributed by atoms with Gasteiger partial charge < -0.3 is 114 Å². The summed E-state index contributed by atoms with van der Waals surface area (Å²) in [6.45, 7) is 53.1. The highest BCUT2D eigenvalue weighted by atomic mass is 28.5. The molecule has 1 atom stereocenters. The van der Waals surface area contributed by atoms with Crippen molar-refractivity contribution < 1.29 is 114 Å². The van der Waals surface area contributed by atoms with Gasteiger partial charge in [0.1, 0.15) is 0 Å². The molecule has 34 heteroatoms. The summed E-state index contributed by atoms with van der Waals surface area (Å²) in [5, 5.41) is 113. The van der Waals surface area contributed by atoms with E-state index >= 15 is 0 Å². The first-order chi connectivity index (χ1) is 44.9. The Kier molecular flexibility index (Phi) is 51.2. The lowest BCUT2D eigenvalue weighted by Gasteiger charge is -2.41. The second kappa shape index (κ2) is 48.6. The SMILES string of the molecule is CCC(CO)(CO)COCCC[Si](C)(C)O[Si](C)(C)O[Si](C)(C)CCCOCC(CC)(CO)CO.CCC(CO)(CO)COCCC[Si](C)(O[Si](C)(C)C)O[Si](C)(C)O[Si](C)(C)C.C[Si](C)(CCCOCC(CO)(CO)CO)O[Si](C)(C)O[Si](C)(C)CCCOCC(CO)(CO)CO. The van der Waals surface area contributed by atoms with Crippen molar-refractivity contribution in [2.75, 3.05) is 145 Å². The number of aliphatic hydroxyl groups excluding tert-OH is 12. The maximum Gasteiger partial charge on any atom is 0.315 e. The van der Waals surface area contributed by atoms with Crippen LogP contribution in [-0.4, -0.2) is 291 Å². The molecule has 0 saturated carbocycles. The number of hydrogen-bond acceptors (Lipinski definition) is 24. The van der Waals surface area contributed by atoms with Crippen LogP contribution in [0.5, 0.6) is 0 Å². The summed E-state index contributed by atoms with van der Waals surface area (Å²) in [5.41, 5.74) is -3.67. The van der Waals surface area contributed by atoms with E-state index in [1.807, 2.05) is 20.8 Å². The maximum absolute atomic E-state index is 9.54. The van der Waals surface area contributed by atoms with Crippen molar-refractivity contribution in [2.24, 2.45) is 27.1 Å². The van der Waals surface area contributed by atoms with Gasteiger partial charge in [-0.05, 0) is 219 Å². The van der Waals surface area contributed by atoms with Gasteiger partial charge in [-0.15, -0.1) is 0 Å². The van der Waals surface area contributed by atoms with Crippen LogP contribution in [0.15, 0.2) is 0 Å². The summed E-state index contributed by atoms with van der Waals surface area (Å²) >= 11 is 0. The molecule has 0 heterocycles. The summed E-state index contributed by atoms with van der Waals surface area (Å²) in [6.07, 6.45) is 6.23. The Morgan fingerprint density at radius 1 is 0.224 bits per heavy atom. The van der Waals surface area contributed by atoms with Crippen molar-refractivity contribution in [3.63, 3.8) is 0 Å². The van der Waals surface area contributed by atoms with E-state index in [2.05, 4.69) is 137 Å². The van der Waals surface area contributed by atoms with Gasteiger partial charge in [0.25, 0.3) is 0 Å². The van der Waals surface area contributed by atoms with Crippen LogP contribution >= 0.6 is 0 Å². The Morgan fingerprint density at radius 3 is 0.592 bits per heavy atom. The molecule has 0 radical (unpaired) electrons. The van der Waals surface area contributed by atoms with E-state index in [0.29, 0.717) is 72.1 Å². The Bertz CT molecular complexity index is 1760. The van der Waals surface area contributed by atoms with E-state index in [-0.39, 0.29) is 92.5 Å². The molecule has 594 valence electrons. The molecule has 0 saturated heterocycles. The zero-order valence-corrected chi connectivity index (χ0v) is 76.5. The van der Waals surface area contributed by atoms with Gasteiger partial charge in [0.05, 0.1) is 123 Å². The summed E-state index contributed by atoms with van der Waals surface area (Å²) < 4.78 is 74.7. The topological polar surface area (TPSA) is 354 Å². The quantitative estimate of drug-likeness (QED) is 0.0200. The molecule has 0 aliphatic carbocycles. The Balaban J connectivity index is -0.00000139. The van der Waals surface area contributed by atoms with Crippen LogP contribution in [0.1, 0.15) is 72.1 Å². The predicted molar refractivity (Wildman–Crippen MR) is 418 cm³/mol. The highest BCUT2D eigenvalue weighted by Gasteiger charge is 2.46. The predicted octanol–water partition coefficient (Wildman–Crippen LogP) is 8.85. The number of aliphatic hydroxyl groups is 12. The van der Waals surface area contributed by atoms with Crippen LogP contribution in [0.25, 0.3) is 0 Å². The van der Waals surface area contributed by atoms with Gasteiger partial charge in [-0.1, -0.05) is 20.8 Å². The van der Waals surface area contributed by atoms with Crippen LogP contribution in [0.3, 0.4) is 0 Å². The zero-order valence-electron chi connectivity index (χ0n) is 66.5. The van der Waals surface area contributed by atoms with Crippen molar-refractivity contribution in [1.82, 2.24) is 0 Å². The first kappa shape index (κ1) is 103. The summed E-state index contributed by atoms with van der Waals surface area (Å²) in [6, 6.07) is 4.55. The van der Waals surface area contributed by atoms with Gasteiger partial charge in [0, 0.05) is 49.3 Å². The maximum atomic E-state index is 9.54. The molecule has 24 nitrogen and oxygen atoms in total. The zero-order chi connectivity index (χ0) is 76.7. The molecule has 0 amide bonds. The van der Waals surface area contributed by atoms with E-state index in [1.165, 1.54) is 0 Å². The third kappa shape index (κ3) is 47.1. The van der Waals surface area contributed by atoms with Crippen LogP contribution in [-0.2, 0) is 52.5 Å². The van der Waals surface area contributed by atoms with E-state index in [9.17, 15) is 61.3 Å². The lowest BCUT2D eigenvalue weighted by molar-refractivity contribution is -0.0578. The molecule has 0 rings (SSSR count). The van der Waals surface area contributed by atoms with Crippen LogP contribution in [0.4, 0.5) is 0 Å². The molecular weight excluding hydrogens is 1430 g/mol. The third-order valence-corrected chi connectivity index (χ3v) is 53.6. The monoisotopic (exact) mass is 1590 g/mol. The Morgan fingerprint density at radius 2 is 0.408 bits per heavy atom. The van der Waals surface area contributed by atoms with Crippen molar-refractivity contribution >= 4 is 84.1 Å². The number of hydrogen-bond donors (Lipinski definition) is 12. The molecule has 0 aliphatic heterocycles. The average Bonchev–Trinajstić information content (AvgIpc) is 0.828. The molecule has 12 N–H and O–H groups in total. The standard InChI is InChI=1S/C24H56O8Si3.C22H52O10Si3.C18H46O6Si4/c1-9-23(17-25,18-26)21-29-13-11-15-33(3,4)31-35(7,8)32-34(5,6)16-12-14-30-22-24(10-2,19-27)20-28;1-33(2,11-7-9-29-19-21(13-23,14-24)15-25)31-35(5,6)32-34(3,4)12-8-10-30-20-22(16-26,17-27)18-28;1-11-18(15-19,16-20)17-21-13-12-14-28(10,23-26(5,6)7)24-27(8,9)22-25(2,3)4/h25-28H,9-22H2,1-8H3;23-28H,7-20H2,1-6H3;19-20H,11-17H2,1-10H3. The van der Waals surface area contributed by atoms with Crippen LogP contribution < -0.4 is 0 Å². The highest BCUT2D eigenvalue weighted by Crippen LogP contribution is 2.32. The normalized spacial score (nSPS) is 14.7. The van der Waals surface area contributed by atoms with Crippen molar-refractivity contribution in [2.45, 2.75) is 240 Å². The molecule has 0 aromatic rings. The second-order valence-electron chi connectivity index (χ2n) is 33.5. The van der Waals surface area contributed by atoms with E-state index in [0.717, 1.165) is 62.3 Å². The summed E-state index contributed by atoms with van der Waals surface area (Å²) in [7, 11) is -20.6. The minimum absolute atomic E-state index is 0.0673. The summed E-state index contributed by atoms with van der Waals surface area (Å²) in [5.74, 6) is 0. The van der Waals surface area contributed by atoms with E-state index in [4.69, 9.17) is 52.5 Å². The van der Waals surface area contributed by atoms with Crippen LogP contribution in [0.2, 0.25) is 168 Å². The smallest absolute Gasteiger partial charge is 0.315 e. The molecule has 0 fully saturated rings. The molecular formula is C64H154O24Si10. The molecule has 98 heavy (non-hydrogen) atoms. The number of rotatable bonds is 59. The first-order valence-electron chi connectivity index (χ1n) is 36.0. The molecule has 0 aromatic carbocycles. The van der Waals surface area contributed by atoms with Crippen molar-refractivity contribution in [3.05, 3.63) is 0 Å². The van der Waals surface area contributed by atoms with Gasteiger partial charge in [-0.2, -0.15) is 0 Å². The average molecular weight is 1590 g/mol. The Hall–Kier alpha value is 1.21. The van der Waals surface area contributed by atoms with Gasteiger partial charge in [-0.25, -0.2) is 0 Å². The lowest BCUT2D eigenvalue weighted by Crippen LogP contribution is -2.56. The largest absolute Gasteiger partial charge is 0.437 e. The molecule has 1 unspecified atom stereocenters. The van der Waals surface area contributed by atoms with Gasteiger partial charge >= 0.3 is 34.2 Å². The fourth-order valence-electron chi connectivity index (χ4n) is 11.3.